The van der Waals surface area contributed by atoms with Gasteiger partial charge in [-0.3, -0.25) is 24.2 Å². The zero-order valence-electron chi connectivity index (χ0n) is 16.3. The molecule has 1 aliphatic carbocycles. The number of hydrogen-bond acceptors (Lipinski definition) is 4. The fourth-order valence-electron chi connectivity index (χ4n) is 4.98. The van der Waals surface area contributed by atoms with Crippen molar-refractivity contribution >= 4 is 17.7 Å². The average Bonchev–Trinajstić information content (AvgIpc) is 3.33. The molecule has 3 unspecified atom stereocenters. The Balaban J connectivity index is 1.37. The second kappa shape index (κ2) is 8.43. The number of imide groups is 1. The van der Waals surface area contributed by atoms with Crippen LogP contribution in [0.1, 0.15) is 50.1 Å². The third kappa shape index (κ3) is 3.83. The number of rotatable bonds is 6. The topological polar surface area (TPSA) is 69.7 Å². The molecule has 3 aliphatic rings. The van der Waals surface area contributed by atoms with E-state index in [1.807, 2.05) is 18.2 Å². The maximum absolute atomic E-state index is 12.6. The van der Waals surface area contributed by atoms with Crippen molar-refractivity contribution in [1.29, 1.82) is 0 Å². The van der Waals surface area contributed by atoms with Crippen LogP contribution in [-0.2, 0) is 14.4 Å². The number of benzene rings is 1. The summed E-state index contributed by atoms with van der Waals surface area (Å²) in [5.41, 5.74) is 1.18. The molecule has 0 spiro atoms. The number of fused-ring (bicyclic) bond motifs is 1. The molecule has 3 fully saturated rings. The predicted molar refractivity (Wildman–Crippen MR) is 105 cm³/mol. The molecule has 1 saturated carbocycles. The summed E-state index contributed by atoms with van der Waals surface area (Å²) in [4.78, 5) is 41.3. The monoisotopic (exact) mass is 383 g/mol. The molecule has 150 valence electrons. The van der Waals surface area contributed by atoms with Crippen molar-refractivity contribution in [1.82, 2.24) is 15.1 Å². The maximum Gasteiger partial charge on any atom is 0.240 e. The summed E-state index contributed by atoms with van der Waals surface area (Å²) in [5.74, 6) is -0.945. The number of nitrogens with zero attached hydrogens (tertiary/aromatic N) is 2. The van der Waals surface area contributed by atoms with Gasteiger partial charge in [-0.15, -0.1) is 0 Å². The standard InChI is InChI=1S/C22H29N3O3/c26-20(15-25-21(27)17-10-4-5-11-18(17)22(25)28)23-14-19(24-12-6-7-13-24)16-8-2-1-3-9-16/h1-3,8-9,17-19H,4-7,10-15H2,(H,23,26). The quantitative estimate of drug-likeness (QED) is 0.764. The molecule has 2 heterocycles. The fourth-order valence-corrected chi connectivity index (χ4v) is 4.98. The SMILES string of the molecule is O=C(CN1C(=O)C2CCCCC2C1=O)NCC(c1ccccc1)N1CCCC1. The number of amides is 3. The van der Waals surface area contributed by atoms with Gasteiger partial charge in [-0.2, -0.15) is 0 Å². The van der Waals surface area contributed by atoms with E-state index in [0.717, 1.165) is 38.8 Å². The van der Waals surface area contributed by atoms with Gasteiger partial charge in [0.25, 0.3) is 0 Å². The molecule has 0 bridgehead atoms. The van der Waals surface area contributed by atoms with Gasteiger partial charge in [0, 0.05) is 6.54 Å². The van der Waals surface area contributed by atoms with Crippen molar-refractivity contribution in [3.63, 3.8) is 0 Å². The highest BCUT2D eigenvalue weighted by molar-refractivity contribution is 6.07. The van der Waals surface area contributed by atoms with Crippen LogP contribution in [0, 0.1) is 11.8 Å². The van der Waals surface area contributed by atoms with E-state index in [9.17, 15) is 14.4 Å². The van der Waals surface area contributed by atoms with Gasteiger partial charge in [-0.1, -0.05) is 43.2 Å². The highest BCUT2D eigenvalue weighted by atomic mass is 16.2. The van der Waals surface area contributed by atoms with E-state index >= 15 is 0 Å². The van der Waals surface area contributed by atoms with Crippen molar-refractivity contribution in [2.75, 3.05) is 26.2 Å². The van der Waals surface area contributed by atoms with Crippen LogP contribution in [0.25, 0.3) is 0 Å². The van der Waals surface area contributed by atoms with Crippen molar-refractivity contribution in [3.8, 4) is 0 Å². The summed E-state index contributed by atoms with van der Waals surface area (Å²) in [7, 11) is 0. The summed E-state index contributed by atoms with van der Waals surface area (Å²) >= 11 is 0. The van der Waals surface area contributed by atoms with Crippen LogP contribution in [0.4, 0.5) is 0 Å². The third-order valence-electron chi connectivity index (χ3n) is 6.49. The first-order valence-electron chi connectivity index (χ1n) is 10.6. The van der Waals surface area contributed by atoms with Gasteiger partial charge < -0.3 is 5.32 Å². The second-order valence-electron chi connectivity index (χ2n) is 8.23. The summed E-state index contributed by atoms with van der Waals surface area (Å²) in [5, 5.41) is 2.98. The van der Waals surface area contributed by atoms with E-state index in [0.29, 0.717) is 6.54 Å². The number of likely N-dealkylation sites (tertiary alicyclic amines) is 2. The van der Waals surface area contributed by atoms with Gasteiger partial charge in [0.2, 0.25) is 17.7 Å². The number of carbonyl (C=O) groups is 3. The van der Waals surface area contributed by atoms with Crippen molar-refractivity contribution in [3.05, 3.63) is 35.9 Å². The lowest BCUT2D eigenvalue weighted by molar-refractivity contribution is -0.143. The van der Waals surface area contributed by atoms with Crippen LogP contribution >= 0.6 is 0 Å². The van der Waals surface area contributed by atoms with Gasteiger partial charge in [0.1, 0.15) is 6.54 Å². The van der Waals surface area contributed by atoms with Crippen LogP contribution in [0.3, 0.4) is 0 Å². The highest BCUT2D eigenvalue weighted by Crippen LogP contribution is 2.37. The van der Waals surface area contributed by atoms with Gasteiger partial charge >= 0.3 is 0 Å². The fraction of sp³-hybridized carbons (Fsp3) is 0.591. The van der Waals surface area contributed by atoms with E-state index in [2.05, 4.69) is 22.3 Å². The molecular formula is C22H29N3O3. The zero-order chi connectivity index (χ0) is 19.5. The Morgan fingerprint density at radius 1 is 0.964 bits per heavy atom. The minimum Gasteiger partial charge on any atom is -0.353 e. The Bertz CT molecular complexity index is 706. The molecule has 0 radical (unpaired) electrons. The molecule has 1 aromatic carbocycles. The summed E-state index contributed by atoms with van der Waals surface area (Å²) in [6.07, 6.45) is 5.90. The number of carbonyl (C=O) groups excluding carboxylic acids is 3. The summed E-state index contributed by atoms with van der Waals surface area (Å²) in [6, 6.07) is 10.3. The minimum absolute atomic E-state index is 0.125. The van der Waals surface area contributed by atoms with Crippen LogP contribution in [-0.4, -0.2) is 53.7 Å². The second-order valence-corrected chi connectivity index (χ2v) is 8.23. The smallest absolute Gasteiger partial charge is 0.240 e. The summed E-state index contributed by atoms with van der Waals surface area (Å²) < 4.78 is 0. The van der Waals surface area contributed by atoms with Gasteiger partial charge in [-0.05, 0) is 44.3 Å². The van der Waals surface area contributed by atoms with E-state index in [1.165, 1.54) is 23.3 Å². The first kappa shape index (κ1) is 19.1. The molecule has 2 saturated heterocycles. The molecule has 3 atom stereocenters. The van der Waals surface area contributed by atoms with Gasteiger partial charge in [0.15, 0.2) is 0 Å². The molecular weight excluding hydrogens is 354 g/mol. The van der Waals surface area contributed by atoms with Crippen molar-refractivity contribution < 1.29 is 14.4 Å². The zero-order valence-corrected chi connectivity index (χ0v) is 16.3. The lowest BCUT2D eigenvalue weighted by Gasteiger charge is -2.28. The van der Waals surface area contributed by atoms with Gasteiger partial charge in [-0.25, -0.2) is 0 Å². The van der Waals surface area contributed by atoms with E-state index < -0.39 is 0 Å². The normalized spacial score (nSPS) is 26.4. The first-order valence-corrected chi connectivity index (χ1v) is 10.6. The summed E-state index contributed by atoms with van der Waals surface area (Å²) in [6.45, 7) is 2.40. The third-order valence-corrected chi connectivity index (χ3v) is 6.49. The van der Waals surface area contributed by atoms with E-state index in [-0.39, 0.29) is 42.1 Å². The molecule has 2 aliphatic heterocycles. The van der Waals surface area contributed by atoms with Crippen LogP contribution in [0.15, 0.2) is 30.3 Å². The Labute approximate surface area is 166 Å². The lowest BCUT2D eigenvalue weighted by Crippen LogP contribution is -2.43. The molecule has 0 aromatic heterocycles. The predicted octanol–water partition coefficient (Wildman–Crippen LogP) is 2.11. The molecule has 6 heteroatoms. The Morgan fingerprint density at radius 3 is 2.18 bits per heavy atom. The van der Waals surface area contributed by atoms with Gasteiger partial charge in [0.05, 0.1) is 17.9 Å². The van der Waals surface area contributed by atoms with E-state index in [4.69, 9.17) is 0 Å². The molecule has 6 nitrogen and oxygen atoms in total. The number of hydrogen-bond donors (Lipinski definition) is 1. The van der Waals surface area contributed by atoms with E-state index in [1.54, 1.807) is 0 Å². The van der Waals surface area contributed by atoms with Crippen LogP contribution in [0.2, 0.25) is 0 Å². The molecule has 1 aromatic rings. The number of nitrogens with one attached hydrogen (secondary N) is 1. The molecule has 4 rings (SSSR count). The Morgan fingerprint density at radius 2 is 1.57 bits per heavy atom. The highest BCUT2D eigenvalue weighted by Gasteiger charge is 2.48. The molecule has 28 heavy (non-hydrogen) atoms. The Kier molecular flexibility index (Phi) is 5.76. The van der Waals surface area contributed by atoms with Crippen molar-refractivity contribution in [2.45, 2.75) is 44.6 Å². The largest absolute Gasteiger partial charge is 0.353 e. The minimum atomic E-state index is -0.250. The molecule has 3 amide bonds. The van der Waals surface area contributed by atoms with Crippen molar-refractivity contribution in [2.24, 2.45) is 11.8 Å². The van der Waals surface area contributed by atoms with Crippen LogP contribution in [0.5, 0.6) is 0 Å². The average molecular weight is 383 g/mol. The first-order chi connectivity index (χ1) is 13.6. The Hall–Kier alpha value is -2.21. The lowest BCUT2D eigenvalue weighted by atomic mass is 9.81. The molecule has 1 N–H and O–H groups in total. The van der Waals surface area contributed by atoms with Crippen LogP contribution < -0.4 is 5.32 Å². The maximum atomic E-state index is 12.6.